The molecule has 6 heteroatoms. The van der Waals surface area contributed by atoms with Gasteiger partial charge in [0.15, 0.2) is 0 Å². The molecule has 4 nitrogen and oxygen atoms in total. The lowest BCUT2D eigenvalue weighted by atomic mass is 10.1. The number of carboxylic acid groups (broad SMARTS) is 1. The van der Waals surface area contributed by atoms with Crippen molar-refractivity contribution < 1.29 is 19.1 Å². The zero-order valence-corrected chi connectivity index (χ0v) is 12.9. The third-order valence-electron chi connectivity index (χ3n) is 3.64. The summed E-state index contributed by atoms with van der Waals surface area (Å²) in [5.41, 5.74) is -0.0360. The highest BCUT2D eigenvalue weighted by molar-refractivity contribution is 8.00. The van der Waals surface area contributed by atoms with Crippen LogP contribution in [-0.2, 0) is 9.59 Å². The lowest BCUT2D eigenvalue weighted by Crippen LogP contribution is -2.39. The van der Waals surface area contributed by atoms with Gasteiger partial charge < -0.3 is 10.0 Å². The Hall–Kier alpha value is -1.56. The molecule has 0 radical (unpaired) electrons. The molecule has 1 fully saturated rings. The topological polar surface area (TPSA) is 57.6 Å². The number of nitrogens with zero attached hydrogens (tertiary/aromatic N) is 1. The number of carboxylic acids is 1. The van der Waals surface area contributed by atoms with Gasteiger partial charge in [-0.1, -0.05) is 17.7 Å². The number of rotatable bonds is 4. The molecular formula is C15H18FNO3S. The second kappa shape index (κ2) is 6.05. The van der Waals surface area contributed by atoms with Crippen LogP contribution in [0.4, 0.5) is 4.39 Å². The summed E-state index contributed by atoms with van der Waals surface area (Å²) >= 11 is 1.40. The van der Waals surface area contributed by atoms with Gasteiger partial charge in [-0.2, -0.15) is 0 Å². The Kier molecular flexibility index (Phi) is 4.56. The van der Waals surface area contributed by atoms with Gasteiger partial charge in [0.2, 0.25) is 11.6 Å². The number of amides is 1. The molecule has 0 spiro atoms. The van der Waals surface area contributed by atoms with Crippen molar-refractivity contribution in [3.63, 3.8) is 0 Å². The molecule has 1 saturated heterocycles. The number of alkyl halides is 1. The van der Waals surface area contributed by atoms with E-state index < -0.39 is 11.6 Å². The zero-order chi connectivity index (χ0) is 15.6. The molecule has 2 rings (SSSR count). The minimum Gasteiger partial charge on any atom is -0.479 e. The van der Waals surface area contributed by atoms with Gasteiger partial charge in [-0.05, 0) is 25.5 Å². The van der Waals surface area contributed by atoms with E-state index in [9.17, 15) is 14.0 Å². The molecule has 1 aromatic carbocycles. The Labute approximate surface area is 127 Å². The molecule has 21 heavy (non-hydrogen) atoms. The summed E-state index contributed by atoms with van der Waals surface area (Å²) in [5.74, 6) is -1.51. The highest BCUT2D eigenvalue weighted by Gasteiger charge is 2.46. The maximum absolute atomic E-state index is 13.9. The Morgan fingerprint density at radius 1 is 1.43 bits per heavy atom. The van der Waals surface area contributed by atoms with E-state index in [1.165, 1.54) is 16.7 Å². The summed E-state index contributed by atoms with van der Waals surface area (Å²) in [5, 5.41) is 8.82. The molecule has 1 aromatic rings. The first-order chi connectivity index (χ1) is 9.82. The summed E-state index contributed by atoms with van der Waals surface area (Å²) in [7, 11) is 0. The number of carbonyl (C=O) groups is 2. The minimum atomic E-state index is -2.29. The van der Waals surface area contributed by atoms with Crippen LogP contribution in [0.15, 0.2) is 23.1 Å². The van der Waals surface area contributed by atoms with Crippen LogP contribution in [0.2, 0.25) is 0 Å². The van der Waals surface area contributed by atoms with Crippen LogP contribution in [0.5, 0.6) is 0 Å². The van der Waals surface area contributed by atoms with Crippen LogP contribution in [0.25, 0.3) is 0 Å². The minimum absolute atomic E-state index is 0.137. The monoisotopic (exact) mass is 311 g/mol. The van der Waals surface area contributed by atoms with E-state index >= 15 is 0 Å². The van der Waals surface area contributed by atoms with Crippen molar-refractivity contribution in [1.82, 2.24) is 4.90 Å². The first-order valence-corrected chi connectivity index (χ1v) is 7.70. The van der Waals surface area contributed by atoms with E-state index in [1.807, 2.05) is 32.0 Å². The van der Waals surface area contributed by atoms with Crippen LogP contribution >= 0.6 is 11.8 Å². The fourth-order valence-corrected chi connectivity index (χ4v) is 3.26. The lowest BCUT2D eigenvalue weighted by Gasteiger charge is -2.17. The second-order valence-corrected chi connectivity index (χ2v) is 6.41. The number of likely N-dealkylation sites (tertiary alicyclic amines) is 1. The maximum atomic E-state index is 13.9. The van der Waals surface area contributed by atoms with Gasteiger partial charge in [0.1, 0.15) is 0 Å². The standard InChI is InChI=1S/C15H18FNO3S/c1-10-3-4-12(11(2)7-10)21-8-13(18)17-6-5-15(16,9-17)14(19)20/h3-4,7H,5-6,8-9H2,1-2H3,(H,19,20). The summed E-state index contributed by atoms with van der Waals surface area (Å²) in [6, 6.07) is 5.98. The van der Waals surface area contributed by atoms with Crippen molar-refractivity contribution >= 4 is 23.6 Å². The summed E-state index contributed by atoms with van der Waals surface area (Å²) in [6.45, 7) is 3.79. The average Bonchev–Trinajstić information content (AvgIpc) is 2.82. The molecule has 1 heterocycles. The van der Waals surface area contributed by atoms with Gasteiger partial charge in [-0.3, -0.25) is 4.79 Å². The van der Waals surface area contributed by atoms with Crippen molar-refractivity contribution in [2.45, 2.75) is 30.8 Å². The van der Waals surface area contributed by atoms with E-state index in [4.69, 9.17) is 5.11 Å². The molecule has 1 unspecified atom stereocenters. The van der Waals surface area contributed by atoms with Crippen LogP contribution in [0.1, 0.15) is 17.5 Å². The number of aliphatic carboxylic acids is 1. The number of benzene rings is 1. The predicted molar refractivity (Wildman–Crippen MR) is 79.3 cm³/mol. The largest absolute Gasteiger partial charge is 0.479 e. The second-order valence-electron chi connectivity index (χ2n) is 5.39. The number of halogens is 1. The first-order valence-electron chi connectivity index (χ1n) is 6.72. The van der Waals surface area contributed by atoms with Gasteiger partial charge in [0, 0.05) is 17.9 Å². The average molecular weight is 311 g/mol. The molecule has 0 saturated carbocycles. The van der Waals surface area contributed by atoms with Gasteiger partial charge >= 0.3 is 5.97 Å². The van der Waals surface area contributed by atoms with E-state index in [-0.39, 0.29) is 31.2 Å². The van der Waals surface area contributed by atoms with E-state index in [0.29, 0.717) is 0 Å². The molecule has 0 aromatic heterocycles. The SMILES string of the molecule is Cc1ccc(SCC(=O)N2CCC(F)(C(=O)O)C2)c(C)c1. The van der Waals surface area contributed by atoms with Gasteiger partial charge in [0.05, 0.1) is 12.3 Å². The van der Waals surface area contributed by atoms with Crippen LogP contribution in [0.3, 0.4) is 0 Å². The summed E-state index contributed by atoms with van der Waals surface area (Å²) in [4.78, 5) is 25.2. The molecule has 1 amide bonds. The number of thioether (sulfide) groups is 1. The number of hydrogen-bond acceptors (Lipinski definition) is 3. The molecular weight excluding hydrogens is 293 g/mol. The van der Waals surface area contributed by atoms with Crippen LogP contribution in [-0.4, -0.2) is 46.4 Å². The maximum Gasteiger partial charge on any atom is 0.343 e. The molecule has 1 aliphatic heterocycles. The molecule has 1 atom stereocenters. The Bertz CT molecular complexity index is 578. The first kappa shape index (κ1) is 15.8. The fraction of sp³-hybridized carbons (Fsp3) is 0.467. The van der Waals surface area contributed by atoms with Crippen LogP contribution in [0, 0.1) is 13.8 Å². The quantitative estimate of drug-likeness (QED) is 0.868. The lowest BCUT2D eigenvalue weighted by molar-refractivity contribution is -0.150. The van der Waals surface area contributed by atoms with Crippen molar-refractivity contribution in [3.05, 3.63) is 29.3 Å². The molecule has 1 N–H and O–H groups in total. The Morgan fingerprint density at radius 2 is 2.14 bits per heavy atom. The number of aryl methyl sites for hydroxylation is 2. The summed E-state index contributed by atoms with van der Waals surface area (Å²) in [6.07, 6.45) is -0.137. The summed E-state index contributed by atoms with van der Waals surface area (Å²) < 4.78 is 13.9. The van der Waals surface area contributed by atoms with Crippen molar-refractivity contribution in [2.24, 2.45) is 0 Å². The molecule has 1 aliphatic rings. The van der Waals surface area contributed by atoms with Gasteiger partial charge in [0.25, 0.3) is 0 Å². The zero-order valence-electron chi connectivity index (χ0n) is 12.1. The van der Waals surface area contributed by atoms with Crippen LogP contribution < -0.4 is 0 Å². The van der Waals surface area contributed by atoms with Gasteiger partial charge in [-0.25, -0.2) is 9.18 Å². The highest BCUT2D eigenvalue weighted by atomic mass is 32.2. The number of hydrogen-bond donors (Lipinski definition) is 1. The smallest absolute Gasteiger partial charge is 0.343 e. The predicted octanol–water partition coefficient (Wildman–Crippen LogP) is 2.42. The van der Waals surface area contributed by atoms with E-state index in [2.05, 4.69) is 0 Å². The third-order valence-corrected chi connectivity index (χ3v) is 4.80. The number of carbonyl (C=O) groups excluding carboxylic acids is 1. The molecule has 0 aliphatic carbocycles. The Balaban J connectivity index is 1.93. The fourth-order valence-electron chi connectivity index (χ4n) is 2.35. The van der Waals surface area contributed by atoms with E-state index in [1.54, 1.807) is 0 Å². The molecule has 0 bridgehead atoms. The van der Waals surface area contributed by atoms with Crippen molar-refractivity contribution in [2.75, 3.05) is 18.8 Å². The highest BCUT2D eigenvalue weighted by Crippen LogP contribution is 2.28. The third kappa shape index (κ3) is 3.56. The molecule has 114 valence electrons. The van der Waals surface area contributed by atoms with E-state index in [0.717, 1.165) is 16.0 Å². The normalized spacial score (nSPS) is 21.6. The Morgan fingerprint density at radius 3 is 2.71 bits per heavy atom. The van der Waals surface area contributed by atoms with Gasteiger partial charge in [-0.15, -0.1) is 11.8 Å². The van der Waals surface area contributed by atoms with Crippen molar-refractivity contribution in [1.29, 1.82) is 0 Å². The van der Waals surface area contributed by atoms with Crippen molar-refractivity contribution in [3.8, 4) is 0 Å².